The highest BCUT2D eigenvalue weighted by Crippen LogP contribution is 2.26. The van der Waals surface area contributed by atoms with E-state index < -0.39 is 11.9 Å². The van der Waals surface area contributed by atoms with Crippen molar-refractivity contribution in [1.29, 1.82) is 0 Å². The van der Waals surface area contributed by atoms with Gasteiger partial charge in [-0.05, 0) is 38.8 Å². The van der Waals surface area contributed by atoms with Gasteiger partial charge in [0.25, 0.3) is 0 Å². The molecule has 20 heavy (non-hydrogen) atoms. The Labute approximate surface area is 122 Å². The van der Waals surface area contributed by atoms with Crippen LogP contribution in [0.4, 0.5) is 4.79 Å². The van der Waals surface area contributed by atoms with Crippen LogP contribution in [0.2, 0.25) is 0 Å². The molecule has 2 N–H and O–H groups in total. The van der Waals surface area contributed by atoms with E-state index in [0.29, 0.717) is 19.5 Å². The zero-order valence-corrected chi connectivity index (χ0v) is 12.8. The van der Waals surface area contributed by atoms with Gasteiger partial charge in [0, 0.05) is 22.8 Å². The number of aliphatic carboxylic acids is 1. The molecule has 0 aromatic carbocycles. The molecule has 1 aromatic heterocycles. The van der Waals surface area contributed by atoms with Crippen molar-refractivity contribution in [3.05, 3.63) is 21.4 Å². The van der Waals surface area contributed by atoms with Crippen molar-refractivity contribution in [2.75, 3.05) is 13.1 Å². The van der Waals surface area contributed by atoms with E-state index in [1.54, 1.807) is 16.2 Å². The minimum Gasteiger partial charge on any atom is -0.481 e. The smallest absolute Gasteiger partial charge is 0.317 e. The molecule has 5 nitrogen and oxygen atoms in total. The zero-order chi connectivity index (χ0) is 14.9. The van der Waals surface area contributed by atoms with Crippen LogP contribution in [0, 0.1) is 19.8 Å². The molecule has 2 heterocycles. The number of hydrogen-bond acceptors (Lipinski definition) is 3. The van der Waals surface area contributed by atoms with Gasteiger partial charge < -0.3 is 15.3 Å². The Morgan fingerprint density at radius 3 is 2.70 bits per heavy atom. The fourth-order valence-corrected chi connectivity index (χ4v) is 3.60. The number of carbonyl (C=O) groups excluding carboxylic acids is 1. The first-order chi connectivity index (χ1) is 9.38. The van der Waals surface area contributed by atoms with E-state index in [4.69, 9.17) is 5.11 Å². The highest BCUT2D eigenvalue weighted by molar-refractivity contribution is 7.12. The van der Waals surface area contributed by atoms with Crippen molar-refractivity contribution in [1.82, 2.24) is 10.2 Å². The fourth-order valence-electron chi connectivity index (χ4n) is 2.58. The zero-order valence-electron chi connectivity index (χ0n) is 12.0. The lowest BCUT2D eigenvalue weighted by molar-refractivity contribution is -0.141. The summed E-state index contributed by atoms with van der Waals surface area (Å²) in [5.41, 5.74) is 1.13. The van der Waals surface area contributed by atoms with Crippen molar-refractivity contribution < 1.29 is 14.7 Å². The van der Waals surface area contributed by atoms with E-state index >= 15 is 0 Å². The predicted octanol–water partition coefficient (Wildman–Crippen LogP) is 2.54. The Kier molecular flexibility index (Phi) is 4.32. The van der Waals surface area contributed by atoms with Crippen LogP contribution in [-0.2, 0) is 4.79 Å². The number of carbonyl (C=O) groups is 2. The molecular formula is C14H20N2O3S. The molecule has 2 rings (SSSR count). The maximum absolute atomic E-state index is 12.1. The molecule has 0 spiro atoms. The number of nitrogens with one attached hydrogen (secondary N) is 1. The maximum Gasteiger partial charge on any atom is 0.317 e. The topological polar surface area (TPSA) is 69.6 Å². The van der Waals surface area contributed by atoms with Gasteiger partial charge in [0.15, 0.2) is 0 Å². The summed E-state index contributed by atoms with van der Waals surface area (Å²) in [5, 5.41) is 11.9. The minimum atomic E-state index is -0.822. The number of aryl methyl sites for hydroxylation is 2. The Bertz CT molecular complexity index is 526. The van der Waals surface area contributed by atoms with Crippen LogP contribution >= 0.6 is 11.3 Å². The second-order valence-electron chi connectivity index (χ2n) is 5.31. The second kappa shape index (κ2) is 5.83. The molecule has 2 unspecified atom stereocenters. The highest BCUT2D eigenvalue weighted by Gasteiger charge is 2.31. The number of carboxylic acid groups (broad SMARTS) is 1. The van der Waals surface area contributed by atoms with Gasteiger partial charge in [0.1, 0.15) is 0 Å². The SMILES string of the molecule is Cc1cc(C(C)NC(=O)N2CCC(C(=O)O)C2)c(C)s1. The molecule has 1 aliphatic rings. The number of likely N-dealkylation sites (tertiary alicyclic amines) is 1. The molecule has 0 saturated carbocycles. The van der Waals surface area contributed by atoms with Gasteiger partial charge >= 0.3 is 12.0 Å². The molecular weight excluding hydrogens is 276 g/mol. The van der Waals surface area contributed by atoms with Crippen LogP contribution in [0.25, 0.3) is 0 Å². The van der Waals surface area contributed by atoms with Gasteiger partial charge in [-0.2, -0.15) is 0 Å². The molecule has 6 heteroatoms. The molecule has 1 saturated heterocycles. The monoisotopic (exact) mass is 296 g/mol. The Morgan fingerprint density at radius 2 is 2.20 bits per heavy atom. The van der Waals surface area contributed by atoms with Crippen LogP contribution in [0.1, 0.15) is 34.7 Å². The molecule has 1 aromatic rings. The van der Waals surface area contributed by atoms with E-state index in [1.807, 2.05) is 20.8 Å². The average Bonchev–Trinajstić information content (AvgIpc) is 2.95. The standard InChI is InChI=1S/C14H20N2O3S/c1-8-6-12(10(3)20-8)9(2)15-14(19)16-5-4-11(7-16)13(17)18/h6,9,11H,4-5,7H2,1-3H3,(H,15,19)(H,17,18). The Balaban J connectivity index is 1.95. The van der Waals surface area contributed by atoms with E-state index in [0.717, 1.165) is 5.56 Å². The summed E-state index contributed by atoms with van der Waals surface area (Å²) in [4.78, 5) is 27.1. The first-order valence-electron chi connectivity index (χ1n) is 6.73. The third kappa shape index (κ3) is 3.12. The second-order valence-corrected chi connectivity index (χ2v) is 6.77. The summed E-state index contributed by atoms with van der Waals surface area (Å²) in [5.74, 6) is -1.25. The van der Waals surface area contributed by atoms with E-state index in [2.05, 4.69) is 11.4 Å². The van der Waals surface area contributed by atoms with Crippen LogP contribution in [0.15, 0.2) is 6.07 Å². The summed E-state index contributed by atoms with van der Waals surface area (Å²) in [6.45, 7) is 6.86. The maximum atomic E-state index is 12.1. The number of urea groups is 1. The van der Waals surface area contributed by atoms with Gasteiger partial charge in [0.2, 0.25) is 0 Å². The van der Waals surface area contributed by atoms with Crippen LogP contribution in [-0.4, -0.2) is 35.1 Å². The van der Waals surface area contributed by atoms with Crippen LogP contribution < -0.4 is 5.32 Å². The van der Waals surface area contributed by atoms with Crippen molar-refractivity contribution in [3.8, 4) is 0 Å². The summed E-state index contributed by atoms with van der Waals surface area (Å²) >= 11 is 1.72. The van der Waals surface area contributed by atoms with E-state index in [1.165, 1.54) is 9.75 Å². The van der Waals surface area contributed by atoms with Gasteiger partial charge in [0.05, 0.1) is 12.0 Å². The molecule has 2 atom stereocenters. The molecule has 1 fully saturated rings. The summed E-state index contributed by atoms with van der Waals surface area (Å²) in [6, 6.07) is 1.86. The van der Waals surface area contributed by atoms with Gasteiger partial charge in [-0.1, -0.05) is 0 Å². The fraction of sp³-hybridized carbons (Fsp3) is 0.571. The summed E-state index contributed by atoms with van der Waals surface area (Å²) < 4.78 is 0. The predicted molar refractivity (Wildman–Crippen MR) is 78.1 cm³/mol. The van der Waals surface area contributed by atoms with Crippen LogP contribution in [0.3, 0.4) is 0 Å². The molecule has 1 aliphatic heterocycles. The molecule has 0 aliphatic carbocycles. The van der Waals surface area contributed by atoms with Crippen LogP contribution in [0.5, 0.6) is 0 Å². The number of amides is 2. The lowest BCUT2D eigenvalue weighted by atomic mass is 10.1. The lowest BCUT2D eigenvalue weighted by Gasteiger charge is -2.21. The van der Waals surface area contributed by atoms with E-state index in [-0.39, 0.29) is 12.1 Å². The third-order valence-corrected chi connectivity index (χ3v) is 4.69. The molecule has 0 radical (unpaired) electrons. The van der Waals surface area contributed by atoms with Crippen molar-refractivity contribution in [2.24, 2.45) is 5.92 Å². The number of rotatable bonds is 3. The van der Waals surface area contributed by atoms with Gasteiger partial charge in [-0.15, -0.1) is 11.3 Å². The molecule has 2 amide bonds. The van der Waals surface area contributed by atoms with Crippen molar-refractivity contribution in [3.63, 3.8) is 0 Å². The Morgan fingerprint density at radius 1 is 1.50 bits per heavy atom. The number of hydrogen-bond donors (Lipinski definition) is 2. The first-order valence-corrected chi connectivity index (χ1v) is 7.55. The normalized spacial score (nSPS) is 19.9. The quantitative estimate of drug-likeness (QED) is 0.900. The number of carboxylic acids is 1. The van der Waals surface area contributed by atoms with Gasteiger partial charge in [-0.3, -0.25) is 4.79 Å². The van der Waals surface area contributed by atoms with Gasteiger partial charge in [-0.25, -0.2) is 4.79 Å². The van der Waals surface area contributed by atoms with Crippen molar-refractivity contribution in [2.45, 2.75) is 33.2 Å². The largest absolute Gasteiger partial charge is 0.481 e. The number of nitrogens with zero attached hydrogens (tertiary/aromatic N) is 1. The molecule has 0 bridgehead atoms. The summed E-state index contributed by atoms with van der Waals surface area (Å²) in [7, 11) is 0. The van der Waals surface area contributed by atoms with E-state index in [9.17, 15) is 9.59 Å². The minimum absolute atomic E-state index is 0.0590. The average molecular weight is 296 g/mol. The first kappa shape index (κ1) is 14.8. The molecule has 110 valence electrons. The number of thiophene rings is 1. The highest BCUT2D eigenvalue weighted by atomic mass is 32.1. The third-order valence-electron chi connectivity index (χ3n) is 3.71. The summed E-state index contributed by atoms with van der Waals surface area (Å²) in [6.07, 6.45) is 0.535. The van der Waals surface area contributed by atoms with Crippen molar-refractivity contribution >= 4 is 23.3 Å². The Hall–Kier alpha value is -1.56. The lowest BCUT2D eigenvalue weighted by Crippen LogP contribution is -2.40.